The first kappa shape index (κ1) is 19.6. The van der Waals surface area contributed by atoms with Crippen molar-refractivity contribution in [1.82, 2.24) is 9.55 Å². The van der Waals surface area contributed by atoms with Crippen molar-refractivity contribution in [3.63, 3.8) is 0 Å². The average molecular weight is 403 g/mol. The second-order valence-electron chi connectivity index (χ2n) is 6.11. The summed E-state index contributed by atoms with van der Waals surface area (Å²) in [5.41, 5.74) is 1.06. The van der Waals surface area contributed by atoms with Crippen LogP contribution in [0, 0.1) is 0 Å². The molecule has 7 heteroatoms. The van der Waals surface area contributed by atoms with Gasteiger partial charge in [0.05, 0.1) is 29.3 Å². The number of rotatable bonds is 7. The van der Waals surface area contributed by atoms with Crippen LogP contribution < -0.4 is 5.56 Å². The van der Waals surface area contributed by atoms with Crippen LogP contribution in [-0.2, 0) is 4.74 Å². The van der Waals surface area contributed by atoms with E-state index in [1.807, 2.05) is 19.1 Å². The van der Waals surface area contributed by atoms with Gasteiger partial charge >= 0.3 is 0 Å². The van der Waals surface area contributed by atoms with Crippen LogP contribution >= 0.6 is 23.4 Å². The van der Waals surface area contributed by atoms with E-state index in [1.165, 1.54) is 11.8 Å². The Morgan fingerprint density at radius 2 is 1.93 bits per heavy atom. The number of thioether (sulfide) groups is 1. The second-order valence-corrected chi connectivity index (χ2v) is 7.49. The quantitative estimate of drug-likeness (QED) is 0.336. The van der Waals surface area contributed by atoms with Gasteiger partial charge in [0.1, 0.15) is 0 Å². The molecule has 1 atom stereocenters. The Morgan fingerprint density at radius 1 is 1.22 bits per heavy atom. The van der Waals surface area contributed by atoms with Crippen LogP contribution in [0.4, 0.5) is 0 Å². The van der Waals surface area contributed by atoms with Crippen LogP contribution in [0.15, 0.2) is 58.5 Å². The number of benzene rings is 2. The number of carbonyl (C=O) groups is 1. The molecule has 1 aromatic heterocycles. The summed E-state index contributed by atoms with van der Waals surface area (Å²) < 4.78 is 6.81. The third-order valence-corrected chi connectivity index (χ3v) is 5.33. The van der Waals surface area contributed by atoms with Gasteiger partial charge in [-0.1, -0.05) is 35.5 Å². The molecular formula is C20H19ClN2O3S. The zero-order valence-corrected chi connectivity index (χ0v) is 16.6. The molecule has 0 N–H and O–H groups in total. The summed E-state index contributed by atoms with van der Waals surface area (Å²) in [7, 11) is 1.59. The molecule has 3 rings (SSSR count). The number of methoxy groups -OCH3 is 1. The number of ketones is 1. The minimum atomic E-state index is -0.201. The topological polar surface area (TPSA) is 61.2 Å². The Hall–Kier alpha value is -2.15. The predicted molar refractivity (Wildman–Crippen MR) is 109 cm³/mol. The number of carbonyl (C=O) groups excluding carboxylic acids is 1. The van der Waals surface area contributed by atoms with Gasteiger partial charge in [0.15, 0.2) is 10.9 Å². The van der Waals surface area contributed by atoms with Gasteiger partial charge in [-0.2, -0.15) is 0 Å². The van der Waals surface area contributed by atoms with Crippen molar-refractivity contribution in [1.29, 1.82) is 0 Å². The first-order chi connectivity index (χ1) is 13.0. The Kier molecular flexibility index (Phi) is 6.31. The van der Waals surface area contributed by atoms with E-state index in [4.69, 9.17) is 16.3 Å². The Labute approximate surface area is 166 Å². The summed E-state index contributed by atoms with van der Waals surface area (Å²) in [6, 6.07) is 13.8. The summed E-state index contributed by atoms with van der Waals surface area (Å²) in [6.07, 6.45) is 0. The van der Waals surface area contributed by atoms with Crippen molar-refractivity contribution in [2.75, 3.05) is 19.5 Å². The van der Waals surface area contributed by atoms with E-state index < -0.39 is 0 Å². The second kappa shape index (κ2) is 8.69. The number of aromatic nitrogens is 2. The van der Waals surface area contributed by atoms with Crippen LogP contribution in [0.25, 0.3) is 10.9 Å². The van der Waals surface area contributed by atoms with E-state index in [0.29, 0.717) is 33.3 Å². The smallest absolute Gasteiger partial charge is 0.262 e. The molecular weight excluding hydrogens is 384 g/mol. The van der Waals surface area contributed by atoms with E-state index in [2.05, 4.69) is 4.98 Å². The molecule has 0 saturated carbocycles. The molecule has 0 aliphatic rings. The number of hydrogen-bond acceptors (Lipinski definition) is 5. The Balaban J connectivity index is 1.94. The van der Waals surface area contributed by atoms with Gasteiger partial charge in [-0.25, -0.2) is 4.98 Å². The lowest BCUT2D eigenvalue weighted by Crippen LogP contribution is -2.28. The molecule has 0 amide bonds. The zero-order valence-electron chi connectivity index (χ0n) is 15.0. The van der Waals surface area contributed by atoms with E-state index in [1.54, 1.807) is 48.1 Å². The zero-order chi connectivity index (χ0) is 19.4. The summed E-state index contributed by atoms with van der Waals surface area (Å²) in [5.74, 6) is 0.122. The van der Waals surface area contributed by atoms with Crippen LogP contribution in [0.2, 0.25) is 5.02 Å². The largest absolute Gasteiger partial charge is 0.383 e. The van der Waals surface area contributed by atoms with Crippen molar-refractivity contribution < 1.29 is 9.53 Å². The van der Waals surface area contributed by atoms with E-state index in [0.717, 1.165) is 0 Å². The molecule has 0 saturated heterocycles. The van der Waals surface area contributed by atoms with E-state index >= 15 is 0 Å². The third kappa shape index (κ3) is 4.40. The lowest BCUT2D eigenvalue weighted by Gasteiger charge is -2.18. The van der Waals surface area contributed by atoms with E-state index in [-0.39, 0.29) is 23.1 Å². The van der Waals surface area contributed by atoms with Crippen LogP contribution in [0.1, 0.15) is 23.3 Å². The molecule has 3 aromatic rings. The maximum atomic E-state index is 13.0. The number of Topliss-reactive ketones (excluding diaryl/α,β-unsaturated/α-hetero) is 1. The normalized spacial score (nSPS) is 12.3. The Bertz CT molecular complexity index is 1020. The molecule has 0 bridgehead atoms. The highest BCUT2D eigenvalue weighted by atomic mass is 35.5. The summed E-state index contributed by atoms with van der Waals surface area (Å²) in [4.78, 5) is 30.1. The van der Waals surface area contributed by atoms with Crippen molar-refractivity contribution in [2.24, 2.45) is 0 Å². The minimum absolute atomic E-state index is 0.0509. The number of ether oxygens (including phenoxy) is 1. The van der Waals surface area contributed by atoms with Gasteiger partial charge in [0, 0.05) is 17.7 Å². The van der Waals surface area contributed by atoms with Gasteiger partial charge in [0.2, 0.25) is 0 Å². The number of hydrogen-bond donors (Lipinski definition) is 0. The number of para-hydroxylation sites is 1. The molecule has 5 nitrogen and oxygen atoms in total. The molecule has 2 aromatic carbocycles. The highest BCUT2D eigenvalue weighted by Gasteiger charge is 2.18. The molecule has 0 aliphatic carbocycles. The fraction of sp³-hybridized carbons (Fsp3) is 0.250. The number of nitrogens with zero attached hydrogens (tertiary/aromatic N) is 2. The average Bonchev–Trinajstić information content (AvgIpc) is 2.67. The van der Waals surface area contributed by atoms with Crippen molar-refractivity contribution >= 4 is 40.0 Å². The monoisotopic (exact) mass is 402 g/mol. The van der Waals surface area contributed by atoms with Gasteiger partial charge < -0.3 is 4.74 Å². The standard InChI is InChI=1S/C20H19ClN2O3S/c1-13(11-26-2)23-19(25)16-5-3-4-6-17(16)22-20(23)27-12-18(24)14-7-9-15(21)10-8-14/h3-10,13H,11-12H2,1-2H3/t13-/m0/s1. The van der Waals surface area contributed by atoms with Crippen molar-refractivity contribution in [3.05, 3.63) is 69.5 Å². The molecule has 140 valence electrons. The minimum Gasteiger partial charge on any atom is -0.383 e. The van der Waals surface area contributed by atoms with Gasteiger partial charge in [-0.3, -0.25) is 14.2 Å². The first-order valence-electron chi connectivity index (χ1n) is 8.43. The SMILES string of the molecule is COC[C@H](C)n1c(SCC(=O)c2ccc(Cl)cc2)nc2ccccc2c1=O. The lowest BCUT2D eigenvalue weighted by molar-refractivity contribution is 0.102. The van der Waals surface area contributed by atoms with Gasteiger partial charge in [-0.05, 0) is 43.3 Å². The summed E-state index contributed by atoms with van der Waals surface area (Å²) in [5, 5.41) is 1.64. The molecule has 0 spiro atoms. The molecule has 0 aliphatic heterocycles. The predicted octanol–water partition coefficient (Wildman–Crippen LogP) is 4.23. The molecule has 1 heterocycles. The van der Waals surface area contributed by atoms with Crippen LogP contribution in [0.3, 0.4) is 0 Å². The van der Waals surface area contributed by atoms with E-state index in [9.17, 15) is 9.59 Å². The lowest BCUT2D eigenvalue weighted by atomic mass is 10.1. The molecule has 0 fully saturated rings. The highest BCUT2D eigenvalue weighted by Crippen LogP contribution is 2.22. The maximum Gasteiger partial charge on any atom is 0.262 e. The van der Waals surface area contributed by atoms with Crippen molar-refractivity contribution in [2.45, 2.75) is 18.1 Å². The fourth-order valence-electron chi connectivity index (χ4n) is 2.78. The van der Waals surface area contributed by atoms with Gasteiger partial charge in [-0.15, -0.1) is 0 Å². The molecule has 27 heavy (non-hydrogen) atoms. The summed E-state index contributed by atoms with van der Waals surface area (Å²) in [6.45, 7) is 2.27. The number of fused-ring (bicyclic) bond motifs is 1. The molecule has 0 unspecified atom stereocenters. The Morgan fingerprint density at radius 3 is 2.63 bits per heavy atom. The number of halogens is 1. The molecule has 0 radical (unpaired) electrons. The van der Waals surface area contributed by atoms with Crippen LogP contribution in [-0.4, -0.2) is 34.8 Å². The first-order valence-corrected chi connectivity index (χ1v) is 9.79. The summed E-state index contributed by atoms with van der Waals surface area (Å²) >= 11 is 7.12. The van der Waals surface area contributed by atoms with Gasteiger partial charge in [0.25, 0.3) is 5.56 Å². The maximum absolute atomic E-state index is 13.0. The fourth-order valence-corrected chi connectivity index (χ4v) is 3.90. The highest BCUT2D eigenvalue weighted by molar-refractivity contribution is 7.99. The van der Waals surface area contributed by atoms with Crippen molar-refractivity contribution in [3.8, 4) is 0 Å². The van der Waals surface area contributed by atoms with Crippen LogP contribution in [0.5, 0.6) is 0 Å². The third-order valence-electron chi connectivity index (χ3n) is 4.12.